The van der Waals surface area contributed by atoms with Crippen LogP contribution >= 0.6 is 0 Å². The first-order valence-corrected chi connectivity index (χ1v) is 14.3. The van der Waals surface area contributed by atoms with Crippen molar-refractivity contribution in [2.24, 2.45) is 11.1 Å². The Hall–Kier alpha value is -2.38. The van der Waals surface area contributed by atoms with Gasteiger partial charge in [-0.3, -0.25) is 4.79 Å². The highest BCUT2D eigenvalue weighted by atomic mass is 32.2. The normalized spacial score (nSPS) is 21.6. The number of aliphatic hydroxyl groups excluding tert-OH is 1. The fourth-order valence-electron chi connectivity index (χ4n) is 4.99. The lowest BCUT2D eigenvalue weighted by molar-refractivity contribution is 0.0614. The monoisotopic (exact) mass is 533 g/mol. The van der Waals surface area contributed by atoms with E-state index in [9.17, 15) is 18.3 Å². The second kappa shape index (κ2) is 10.8. The molecule has 11 nitrogen and oxygen atoms in total. The third-order valence-electron chi connectivity index (χ3n) is 7.51. The van der Waals surface area contributed by atoms with Crippen molar-refractivity contribution >= 4 is 22.1 Å². The number of nitrogens with two attached hydrogens (primary N) is 1. The molecule has 12 heteroatoms. The maximum atomic E-state index is 13.4. The van der Waals surface area contributed by atoms with Crippen LogP contribution in [0.25, 0.3) is 0 Å². The van der Waals surface area contributed by atoms with Gasteiger partial charge in [-0.2, -0.15) is 26.7 Å². The van der Waals surface area contributed by atoms with E-state index in [0.29, 0.717) is 50.9 Å². The molecule has 0 bridgehead atoms. The van der Waals surface area contributed by atoms with Crippen molar-refractivity contribution in [1.82, 2.24) is 23.4 Å². The first-order valence-electron chi connectivity index (χ1n) is 12.9. The number of hydrogen-bond donors (Lipinski definition) is 2. The zero-order chi connectivity index (χ0) is 27.0. The zero-order valence-electron chi connectivity index (χ0n) is 22.2. The van der Waals surface area contributed by atoms with Crippen LogP contribution in [0.3, 0.4) is 0 Å². The number of aromatic nitrogens is 3. The molecule has 37 heavy (non-hydrogen) atoms. The van der Waals surface area contributed by atoms with E-state index in [2.05, 4.69) is 5.10 Å². The van der Waals surface area contributed by atoms with Crippen LogP contribution in [0.1, 0.15) is 67.7 Å². The molecule has 3 heterocycles. The van der Waals surface area contributed by atoms with Crippen LogP contribution < -0.4 is 10.6 Å². The number of hydrogen-bond acceptors (Lipinski definition) is 8. The molecule has 2 fully saturated rings. The van der Waals surface area contributed by atoms with E-state index < -0.39 is 15.6 Å². The minimum absolute atomic E-state index is 0.250. The highest BCUT2D eigenvalue weighted by Crippen LogP contribution is 2.36. The Balaban J connectivity index is 1.64. The molecule has 0 spiro atoms. The summed E-state index contributed by atoms with van der Waals surface area (Å²) < 4.78 is 30.8. The second-order valence-corrected chi connectivity index (χ2v) is 12.6. The van der Waals surface area contributed by atoms with Gasteiger partial charge < -0.3 is 15.7 Å². The molecule has 0 radical (unpaired) electrons. The zero-order valence-corrected chi connectivity index (χ0v) is 23.0. The lowest BCUT2D eigenvalue weighted by Gasteiger charge is -2.27. The Morgan fingerprint density at radius 2 is 1.78 bits per heavy atom. The quantitative estimate of drug-likeness (QED) is 0.495. The second-order valence-electron chi connectivity index (χ2n) is 10.8. The molecule has 0 saturated carbocycles. The van der Waals surface area contributed by atoms with Crippen molar-refractivity contribution in [1.29, 1.82) is 0 Å². The van der Waals surface area contributed by atoms with Crippen molar-refractivity contribution in [3.63, 3.8) is 0 Å². The largest absolute Gasteiger partial charge is 0.395 e. The number of aliphatic hydroxyl groups is 1. The Bertz CT molecular complexity index is 1210. The number of carbonyl (C=O) groups excluding carboxylic acids is 1. The van der Waals surface area contributed by atoms with Gasteiger partial charge in [0, 0.05) is 51.7 Å². The Kier molecular flexibility index (Phi) is 8.05. The molecule has 2 saturated heterocycles. The van der Waals surface area contributed by atoms with E-state index in [-0.39, 0.29) is 24.5 Å². The third-order valence-corrected chi connectivity index (χ3v) is 9.63. The molecular weight excluding hydrogens is 494 g/mol. The summed E-state index contributed by atoms with van der Waals surface area (Å²) in [5.41, 5.74) is 6.70. The topological polar surface area (TPSA) is 138 Å². The Morgan fingerprint density at radius 3 is 2.38 bits per heavy atom. The van der Waals surface area contributed by atoms with Crippen molar-refractivity contribution < 1.29 is 18.3 Å². The molecule has 1 aromatic heterocycles. The fraction of sp³-hybridized carbons (Fsp3) is 0.640. The lowest BCUT2D eigenvalue weighted by atomic mass is 9.94. The minimum Gasteiger partial charge on any atom is -0.395 e. The predicted octanol–water partition coefficient (Wildman–Crippen LogP) is 1.55. The maximum absolute atomic E-state index is 13.4. The van der Waals surface area contributed by atoms with E-state index >= 15 is 0 Å². The number of benzene rings is 1. The van der Waals surface area contributed by atoms with Crippen LogP contribution in [0.2, 0.25) is 0 Å². The Morgan fingerprint density at radius 1 is 1.16 bits per heavy atom. The molecule has 1 aromatic carbocycles. The summed E-state index contributed by atoms with van der Waals surface area (Å²) in [6.07, 6.45) is 2.33. The van der Waals surface area contributed by atoms with E-state index in [1.165, 1.54) is 4.68 Å². The molecule has 2 aliphatic rings. The number of anilines is 1. The SMILES string of the molecule is CC1C(c2nc(N(C)Cc3ccc(CN)cc3)n(C(=O)C(C)(C)CO)n2)CCN1S(=O)(=O)N1CCCC1. The first kappa shape index (κ1) is 27.6. The van der Waals surface area contributed by atoms with Gasteiger partial charge in [0.2, 0.25) is 5.95 Å². The molecule has 2 aliphatic heterocycles. The highest BCUT2D eigenvalue weighted by molar-refractivity contribution is 7.86. The van der Waals surface area contributed by atoms with Crippen LogP contribution in [0.5, 0.6) is 0 Å². The van der Waals surface area contributed by atoms with Gasteiger partial charge in [-0.25, -0.2) is 0 Å². The molecule has 0 aliphatic carbocycles. The number of rotatable bonds is 9. The summed E-state index contributed by atoms with van der Waals surface area (Å²) in [7, 11) is -1.72. The van der Waals surface area contributed by atoms with E-state index in [0.717, 1.165) is 24.0 Å². The third kappa shape index (κ3) is 5.44. The molecule has 2 unspecified atom stereocenters. The molecular formula is C25H39N7O4S. The van der Waals surface area contributed by atoms with Gasteiger partial charge in [0.1, 0.15) is 0 Å². The lowest BCUT2D eigenvalue weighted by Crippen LogP contribution is -2.44. The minimum atomic E-state index is -3.55. The van der Waals surface area contributed by atoms with Gasteiger partial charge in [-0.1, -0.05) is 24.3 Å². The summed E-state index contributed by atoms with van der Waals surface area (Å²) in [4.78, 5) is 20.0. The summed E-state index contributed by atoms with van der Waals surface area (Å²) in [6.45, 7) is 7.29. The van der Waals surface area contributed by atoms with E-state index in [4.69, 9.17) is 10.7 Å². The molecule has 0 amide bonds. The van der Waals surface area contributed by atoms with Crippen LogP contribution in [0, 0.1) is 5.41 Å². The summed E-state index contributed by atoms with van der Waals surface area (Å²) >= 11 is 0. The summed E-state index contributed by atoms with van der Waals surface area (Å²) in [5, 5.41) is 14.5. The van der Waals surface area contributed by atoms with Crippen LogP contribution in [0.15, 0.2) is 24.3 Å². The van der Waals surface area contributed by atoms with Crippen LogP contribution in [0.4, 0.5) is 5.95 Å². The summed E-state index contributed by atoms with van der Waals surface area (Å²) in [6, 6.07) is 7.56. The number of carbonyl (C=O) groups is 1. The van der Waals surface area contributed by atoms with Crippen molar-refractivity contribution in [2.75, 3.05) is 38.2 Å². The molecule has 4 rings (SSSR count). The number of nitrogens with zero attached hydrogens (tertiary/aromatic N) is 6. The molecule has 3 N–H and O–H groups in total. The van der Waals surface area contributed by atoms with E-state index in [1.54, 1.807) is 22.5 Å². The van der Waals surface area contributed by atoms with Gasteiger partial charge in [-0.15, -0.1) is 5.10 Å². The molecule has 2 aromatic rings. The predicted molar refractivity (Wildman–Crippen MR) is 141 cm³/mol. The van der Waals surface area contributed by atoms with Crippen molar-refractivity contribution in [3.05, 3.63) is 41.2 Å². The van der Waals surface area contributed by atoms with Crippen molar-refractivity contribution in [2.45, 2.75) is 65.1 Å². The first-order chi connectivity index (χ1) is 17.5. The van der Waals surface area contributed by atoms with Crippen LogP contribution in [-0.4, -0.2) is 82.1 Å². The van der Waals surface area contributed by atoms with Crippen LogP contribution in [-0.2, 0) is 23.3 Å². The maximum Gasteiger partial charge on any atom is 0.282 e. The molecule has 204 valence electrons. The highest BCUT2D eigenvalue weighted by Gasteiger charge is 2.44. The van der Waals surface area contributed by atoms with E-state index in [1.807, 2.05) is 43.1 Å². The van der Waals surface area contributed by atoms with Gasteiger partial charge >= 0.3 is 0 Å². The smallest absolute Gasteiger partial charge is 0.282 e. The molecule has 2 atom stereocenters. The standard InChI is InChI=1S/C25H39N7O4S/c1-18-21(11-14-31(18)37(35,36)30-12-5-6-13-30)22-27-24(32(28-22)23(34)25(2,3)17-33)29(4)16-20-9-7-19(15-26)8-10-20/h7-10,18,21,33H,5-6,11-17,26H2,1-4H3. The summed E-state index contributed by atoms with van der Waals surface area (Å²) in [5.74, 6) is 0.174. The van der Waals surface area contributed by atoms with Gasteiger partial charge in [0.25, 0.3) is 16.1 Å². The average Bonchev–Trinajstić information content (AvgIpc) is 3.64. The van der Waals surface area contributed by atoms with Gasteiger partial charge in [-0.05, 0) is 51.2 Å². The van der Waals surface area contributed by atoms with Gasteiger partial charge in [0.05, 0.1) is 12.0 Å². The fourth-order valence-corrected chi connectivity index (χ4v) is 6.91. The van der Waals surface area contributed by atoms with Gasteiger partial charge in [0.15, 0.2) is 5.82 Å². The average molecular weight is 534 g/mol. The van der Waals surface area contributed by atoms with Crippen molar-refractivity contribution in [3.8, 4) is 0 Å². The Labute approximate surface area is 219 Å².